The summed E-state index contributed by atoms with van der Waals surface area (Å²) in [6.07, 6.45) is 0.517. The molecule has 5 nitrogen and oxygen atoms in total. The van der Waals surface area contributed by atoms with Crippen LogP contribution in [0.3, 0.4) is 0 Å². The molecule has 1 aromatic rings. The van der Waals surface area contributed by atoms with E-state index in [1.165, 1.54) is 13.2 Å². The van der Waals surface area contributed by atoms with Crippen LogP contribution >= 0.6 is 0 Å². The first-order valence-electron chi connectivity index (χ1n) is 5.70. The van der Waals surface area contributed by atoms with Gasteiger partial charge < -0.3 is 20.3 Å². The molecule has 0 atom stereocenters. The average molecular weight is 253 g/mol. The Hall–Kier alpha value is -1.75. The number of aliphatic hydroxyl groups is 1. The molecule has 18 heavy (non-hydrogen) atoms. The number of carboxylic acid groups (broad SMARTS) is 1. The van der Waals surface area contributed by atoms with E-state index >= 15 is 0 Å². The second-order valence-electron chi connectivity index (χ2n) is 4.70. The molecule has 0 aliphatic heterocycles. The molecule has 0 radical (unpaired) electrons. The van der Waals surface area contributed by atoms with E-state index in [-0.39, 0.29) is 12.2 Å². The molecule has 3 N–H and O–H groups in total. The van der Waals surface area contributed by atoms with Gasteiger partial charge in [0.2, 0.25) is 0 Å². The normalized spacial score (nSPS) is 11.1. The Morgan fingerprint density at radius 3 is 2.61 bits per heavy atom. The highest BCUT2D eigenvalue weighted by molar-refractivity contribution is 5.94. The van der Waals surface area contributed by atoms with Crippen molar-refractivity contribution < 1.29 is 19.7 Å². The van der Waals surface area contributed by atoms with Crippen LogP contribution < -0.4 is 10.1 Å². The summed E-state index contributed by atoms with van der Waals surface area (Å²) in [5.41, 5.74) is 0.271. The highest BCUT2D eigenvalue weighted by atomic mass is 16.5. The van der Waals surface area contributed by atoms with Gasteiger partial charge in [0, 0.05) is 18.2 Å². The van der Waals surface area contributed by atoms with E-state index in [0.29, 0.717) is 17.9 Å². The third kappa shape index (κ3) is 3.63. The van der Waals surface area contributed by atoms with Crippen LogP contribution in [0.5, 0.6) is 5.75 Å². The third-order valence-corrected chi connectivity index (χ3v) is 2.67. The van der Waals surface area contributed by atoms with E-state index in [2.05, 4.69) is 5.32 Å². The molecular weight excluding hydrogens is 234 g/mol. The van der Waals surface area contributed by atoms with E-state index in [0.717, 1.165) is 0 Å². The van der Waals surface area contributed by atoms with Gasteiger partial charge in [-0.1, -0.05) is 0 Å². The number of hydrogen-bond acceptors (Lipinski definition) is 4. The molecule has 0 unspecified atom stereocenters. The van der Waals surface area contributed by atoms with Crippen molar-refractivity contribution in [3.63, 3.8) is 0 Å². The molecule has 1 aromatic carbocycles. The fourth-order valence-electron chi connectivity index (χ4n) is 1.65. The summed E-state index contributed by atoms with van der Waals surface area (Å²) < 4.78 is 5.08. The van der Waals surface area contributed by atoms with Crippen molar-refractivity contribution >= 4 is 11.7 Å². The zero-order valence-electron chi connectivity index (χ0n) is 10.9. The summed E-state index contributed by atoms with van der Waals surface area (Å²) in [6, 6.07) is 4.74. The largest absolute Gasteiger partial charge is 0.497 e. The summed E-state index contributed by atoms with van der Waals surface area (Å²) in [5.74, 6) is -0.415. The molecule has 0 aromatic heterocycles. The van der Waals surface area contributed by atoms with Crippen molar-refractivity contribution in [2.45, 2.75) is 25.8 Å². The first-order valence-corrected chi connectivity index (χ1v) is 5.70. The fraction of sp³-hybridized carbons (Fsp3) is 0.462. The van der Waals surface area contributed by atoms with Crippen molar-refractivity contribution in [1.29, 1.82) is 0 Å². The topological polar surface area (TPSA) is 78.8 Å². The summed E-state index contributed by atoms with van der Waals surface area (Å²) in [6.45, 7) is 3.83. The van der Waals surface area contributed by atoms with Gasteiger partial charge in [0.15, 0.2) is 0 Å². The third-order valence-electron chi connectivity index (χ3n) is 2.67. The summed E-state index contributed by atoms with van der Waals surface area (Å²) in [5, 5.41) is 21.2. The van der Waals surface area contributed by atoms with E-state index in [9.17, 15) is 4.79 Å². The monoisotopic (exact) mass is 253 g/mol. The van der Waals surface area contributed by atoms with Crippen LogP contribution in [0, 0.1) is 0 Å². The van der Waals surface area contributed by atoms with Crippen molar-refractivity contribution in [3.8, 4) is 5.75 Å². The second-order valence-corrected chi connectivity index (χ2v) is 4.70. The molecule has 100 valence electrons. The Bertz CT molecular complexity index is 429. The first kappa shape index (κ1) is 14.3. The average Bonchev–Trinajstić information content (AvgIpc) is 2.27. The van der Waals surface area contributed by atoms with E-state index in [4.69, 9.17) is 14.9 Å². The molecule has 5 heteroatoms. The van der Waals surface area contributed by atoms with Gasteiger partial charge in [0.1, 0.15) is 5.75 Å². The minimum Gasteiger partial charge on any atom is -0.497 e. The van der Waals surface area contributed by atoms with Crippen molar-refractivity contribution in [2.24, 2.45) is 0 Å². The minimum absolute atomic E-state index is 0.0341. The van der Waals surface area contributed by atoms with Crippen molar-refractivity contribution in [1.82, 2.24) is 0 Å². The number of hydrogen-bond donors (Lipinski definition) is 3. The van der Waals surface area contributed by atoms with Crippen molar-refractivity contribution in [2.75, 3.05) is 19.0 Å². The molecule has 0 saturated heterocycles. The Morgan fingerprint density at radius 2 is 2.11 bits per heavy atom. The first-order chi connectivity index (χ1) is 8.39. The Morgan fingerprint density at radius 1 is 1.44 bits per heavy atom. The number of carboxylic acids is 1. The molecular formula is C13H19NO4. The summed E-state index contributed by atoms with van der Waals surface area (Å²) >= 11 is 0. The number of anilines is 1. The summed E-state index contributed by atoms with van der Waals surface area (Å²) in [7, 11) is 1.53. The van der Waals surface area contributed by atoms with Crippen molar-refractivity contribution in [3.05, 3.63) is 23.8 Å². The van der Waals surface area contributed by atoms with Gasteiger partial charge in [-0.15, -0.1) is 0 Å². The number of benzene rings is 1. The minimum atomic E-state index is -1.00. The number of aliphatic hydroxyl groups excluding tert-OH is 1. The van der Waals surface area contributed by atoms with Gasteiger partial charge in [-0.3, -0.25) is 0 Å². The molecule has 0 heterocycles. The predicted octanol–water partition coefficient (Wildman–Crippen LogP) is 1.97. The fourth-order valence-corrected chi connectivity index (χ4v) is 1.65. The zero-order chi connectivity index (χ0) is 13.8. The van der Waals surface area contributed by atoms with Gasteiger partial charge in [-0.05, 0) is 32.4 Å². The lowest BCUT2D eigenvalue weighted by atomic mass is 9.99. The number of methoxy groups -OCH3 is 1. The number of nitrogens with one attached hydrogen (secondary N) is 1. The molecule has 0 saturated carbocycles. The predicted molar refractivity (Wildman–Crippen MR) is 69.4 cm³/mol. The van der Waals surface area contributed by atoms with Crippen LogP contribution in [-0.4, -0.2) is 35.4 Å². The Kier molecular flexibility index (Phi) is 4.55. The van der Waals surface area contributed by atoms with Gasteiger partial charge in [-0.25, -0.2) is 4.79 Å². The SMILES string of the molecule is COc1ccc(C(=O)O)c(NC(C)(C)CCO)c1. The molecule has 0 fully saturated rings. The molecule has 1 rings (SSSR count). The quantitative estimate of drug-likeness (QED) is 0.722. The number of rotatable bonds is 6. The van der Waals surface area contributed by atoms with Crippen LogP contribution in [0.1, 0.15) is 30.6 Å². The maximum atomic E-state index is 11.1. The smallest absolute Gasteiger partial charge is 0.337 e. The molecule has 0 aliphatic carbocycles. The van der Waals surface area contributed by atoms with Gasteiger partial charge in [0.05, 0.1) is 18.4 Å². The Balaban J connectivity index is 3.08. The van der Waals surface area contributed by atoms with E-state index < -0.39 is 11.5 Å². The summed E-state index contributed by atoms with van der Waals surface area (Å²) in [4.78, 5) is 11.1. The lowest BCUT2D eigenvalue weighted by Gasteiger charge is -2.27. The van der Waals surface area contributed by atoms with Crippen LogP contribution in [0.2, 0.25) is 0 Å². The van der Waals surface area contributed by atoms with Crippen LogP contribution in [0.15, 0.2) is 18.2 Å². The van der Waals surface area contributed by atoms with E-state index in [1.54, 1.807) is 12.1 Å². The molecule has 0 spiro atoms. The molecule has 0 bridgehead atoms. The highest BCUT2D eigenvalue weighted by Gasteiger charge is 2.20. The standard InChI is InChI=1S/C13H19NO4/c1-13(2,6-7-15)14-11-8-9(18-3)4-5-10(11)12(16)17/h4-5,8,14-15H,6-7H2,1-3H3,(H,16,17). The van der Waals surface area contributed by atoms with Crippen LogP contribution in [0.25, 0.3) is 0 Å². The van der Waals surface area contributed by atoms with Gasteiger partial charge in [0.25, 0.3) is 0 Å². The maximum Gasteiger partial charge on any atom is 0.337 e. The zero-order valence-corrected chi connectivity index (χ0v) is 10.9. The molecule has 0 amide bonds. The highest BCUT2D eigenvalue weighted by Crippen LogP contribution is 2.26. The van der Waals surface area contributed by atoms with Crippen LogP contribution in [-0.2, 0) is 0 Å². The number of carbonyl (C=O) groups is 1. The van der Waals surface area contributed by atoms with E-state index in [1.807, 2.05) is 13.8 Å². The molecule has 0 aliphatic rings. The lowest BCUT2D eigenvalue weighted by molar-refractivity contribution is 0.0698. The number of ether oxygens (including phenoxy) is 1. The number of aromatic carboxylic acids is 1. The van der Waals surface area contributed by atoms with Crippen LogP contribution in [0.4, 0.5) is 5.69 Å². The van der Waals surface area contributed by atoms with Gasteiger partial charge >= 0.3 is 5.97 Å². The van der Waals surface area contributed by atoms with Gasteiger partial charge in [-0.2, -0.15) is 0 Å². The lowest BCUT2D eigenvalue weighted by Crippen LogP contribution is -2.32. The Labute approximate surface area is 106 Å². The second kappa shape index (κ2) is 5.73. The maximum absolute atomic E-state index is 11.1.